The lowest BCUT2D eigenvalue weighted by molar-refractivity contribution is -0.146. The fourth-order valence-electron chi connectivity index (χ4n) is 2.50. The van der Waals surface area contributed by atoms with Gasteiger partial charge in [0.2, 0.25) is 5.91 Å². The van der Waals surface area contributed by atoms with Crippen molar-refractivity contribution in [3.63, 3.8) is 0 Å². The molecule has 0 saturated carbocycles. The van der Waals surface area contributed by atoms with Crippen LogP contribution in [0.15, 0.2) is 12.1 Å². The molecule has 0 radical (unpaired) electrons. The summed E-state index contributed by atoms with van der Waals surface area (Å²) in [4.78, 5) is 26.0. The van der Waals surface area contributed by atoms with E-state index in [4.69, 9.17) is 4.74 Å². The number of nitrogens with one attached hydrogen (secondary N) is 1. The van der Waals surface area contributed by atoms with Crippen molar-refractivity contribution in [2.24, 2.45) is 0 Å². The molecule has 1 N–H and O–H groups in total. The average molecular weight is 304 g/mol. The number of esters is 1. The summed E-state index contributed by atoms with van der Waals surface area (Å²) < 4.78 is 5.26. The van der Waals surface area contributed by atoms with Crippen molar-refractivity contribution in [2.45, 2.75) is 46.6 Å². The number of hydrogen-bond acceptors (Lipinski definition) is 4. The number of benzene rings is 1. The molecule has 1 aromatic carbocycles. The van der Waals surface area contributed by atoms with Gasteiger partial charge >= 0.3 is 5.97 Å². The summed E-state index contributed by atoms with van der Waals surface area (Å²) in [7, 11) is 0. The van der Waals surface area contributed by atoms with Crippen LogP contribution in [-0.4, -0.2) is 31.1 Å². The number of ether oxygens (including phenoxy) is 1. The molecule has 2 rings (SSSR count). The summed E-state index contributed by atoms with van der Waals surface area (Å²) in [5, 5.41) is 3.11. The number of carbonyl (C=O) groups excluding carboxylic acids is 2. The predicted molar refractivity (Wildman–Crippen MR) is 87.2 cm³/mol. The monoisotopic (exact) mass is 304 g/mol. The Morgan fingerprint density at radius 1 is 1.36 bits per heavy atom. The van der Waals surface area contributed by atoms with Crippen molar-refractivity contribution in [1.82, 2.24) is 0 Å². The number of nitrogens with zero attached hydrogens (tertiary/aromatic N) is 1. The third-order valence-electron chi connectivity index (χ3n) is 4.04. The highest BCUT2D eigenvalue weighted by Gasteiger charge is 2.33. The molecule has 5 heteroatoms. The van der Waals surface area contributed by atoms with Crippen molar-refractivity contribution in [2.75, 3.05) is 23.4 Å². The maximum atomic E-state index is 12.3. The molecule has 0 aliphatic carbocycles. The Labute approximate surface area is 131 Å². The third kappa shape index (κ3) is 3.24. The third-order valence-corrected chi connectivity index (χ3v) is 4.04. The fourth-order valence-corrected chi connectivity index (χ4v) is 2.50. The lowest BCUT2D eigenvalue weighted by atomic mass is 10.0. The van der Waals surface area contributed by atoms with Gasteiger partial charge in [-0.2, -0.15) is 0 Å². The minimum atomic E-state index is -0.618. The van der Waals surface area contributed by atoms with Crippen LogP contribution in [-0.2, 0) is 14.3 Å². The Kier molecular flexibility index (Phi) is 5.06. The Hall–Kier alpha value is -2.04. The van der Waals surface area contributed by atoms with E-state index in [0.29, 0.717) is 6.61 Å². The van der Waals surface area contributed by atoms with Crippen molar-refractivity contribution < 1.29 is 14.3 Å². The van der Waals surface area contributed by atoms with E-state index in [-0.39, 0.29) is 18.4 Å². The molecule has 0 bridgehead atoms. The molecule has 1 aliphatic heterocycles. The molecular weight excluding hydrogens is 280 g/mol. The SMILES string of the molecule is CCCCOC(=O)C(C)N1C(=O)CNc2cc(C)c(C)cc21. The minimum Gasteiger partial charge on any atom is -0.464 e. The van der Waals surface area contributed by atoms with Gasteiger partial charge in [0.25, 0.3) is 0 Å². The van der Waals surface area contributed by atoms with Gasteiger partial charge < -0.3 is 10.1 Å². The molecule has 120 valence electrons. The maximum Gasteiger partial charge on any atom is 0.328 e. The first-order valence-corrected chi connectivity index (χ1v) is 7.79. The molecule has 0 spiro atoms. The van der Waals surface area contributed by atoms with E-state index in [1.807, 2.05) is 32.9 Å². The molecule has 1 unspecified atom stereocenters. The van der Waals surface area contributed by atoms with E-state index >= 15 is 0 Å². The van der Waals surface area contributed by atoms with Crippen molar-refractivity contribution in [1.29, 1.82) is 0 Å². The van der Waals surface area contributed by atoms with Crippen molar-refractivity contribution in [3.8, 4) is 0 Å². The second-order valence-electron chi connectivity index (χ2n) is 5.77. The Balaban J connectivity index is 2.25. The van der Waals surface area contributed by atoms with Crippen LogP contribution < -0.4 is 10.2 Å². The molecule has 0 aromatic heterocycles. The standard InChI is InChI=1S/C17H24N2O3/c1-5-6-7-22-17(21)13(4)19-15-9-12(3)11(2)8-14(15)18-10-16(19)20/h8-9,13,18H,5-7,10H2,1-4H3. The maximum absolute atomic E-state index is 12.3. The first-order valence-electron chi connectivity index (χ1n) is 7.79. The first-order chi connectivity index (χ1) is 10.5. The first kappa shape index (κ1) is 16.3. The normalized spacial score (nSPS) is 15.1. The molecular formula is C17H24N2O3. The van der Waals surface area contributed by atoms with Crippen molar-refractivity contribution in [3.05, 3.63) is 23.3 Å². The van der Waals surface area contributed by atoms with Crippen LogP contribution in [0.1, 0.15) is 37.8 Å². The zero-order valence-corrected chi connectivity index (χ0v) is 13.7. The molecule has 1 heterocycles. The minimum absolute atomic E-state index is 0.115. The molecule has 5 nitrogen and oxygen atoms in total. The summed E-state index contributed by atoms with van der Waals surface area (Å²) >= 11 is 0. The second kappa shape index (κ2) is 6.81. The van der Waals surface area contributed by atoms with Gasteiger partial charge in [-0.05, 0) is 50.5 Å². The van der Waals surface area contributed by atoms with Gasteiger partial charge in [0.1, 0.15) is 6.04 Å². The summed E-state index contributed by atoms with van der Waals surface area (Å²) in [5.41, 5.74) is 3.88. The number of amides is 1. The van der Waals surface area contributed by atoms with E-state index in [1.165, 1.54) is 0 Å². The van der Waals surface area contributed by atoms with Gasteiger partial charge in [0.05, 0.1) is 24.5 Å². The van der Waals surface area contributed by atoms with Gasteiger partial charge in [0.15, 0.2) is 0 Å². The van der Waals surface area contributed by atoms with Crippen LogP contribution >= 0.6 is 0 Å². The number of rotatable bonds is 5. The van der Waals surface area contributed by atoms with Crippen LogP contribution in [0.5, 0.6) is 0 Å². The van der Waals surface area contributed by atoms with Gasteiger partial charge in [-0.15, -0.1) is 0 Å². The second-order valence-corrected chi connectivity index (χ2v) is 5.77. The van der Waals surface area contributed by atoms with Crippen LogP contribution in [0, 0.1) is 13.8 Å². The Morgan fingerprint density at radius 2 is 2.05 bits per heavy atom. The van der Waals surface area contributed by atoms with E-state index in [9.17, 15) is 9.59 Å². The lowest BCUT2D eigenvalue weighted by Gasteiger charge is -2.34. The number of fused-ring (bicyclic) bond motifs is 1. The summed E-state index contributed by atoms with van der Waals surface area (Å²) in [6, 6.07) is 3.34. The number of anilines is 2. The molecule has 0 fully saturated rings. The molecule has 1 amide bonds. The van der Waals surface area contributed by atoms with E-state index in [2.05, 4.69) is 5.32 Å². The van der Waals surface area contributed by atoms with Crippen LogP contribution in [0.3, 0.4) is 0 Å². The zero-order chi connectivity index (χ0) is 16.3. The van der Waals surface area contributed by atoms with Gasteiger partial charge in [0, 0.05) is 0 Å². The molecule has 22 heavy (non-hydrogen) atoms. The number of carbonyl (C=O) groups is 2. The summed E-state index contributed by atoms with van der Waals surface area (Å²) in [5.74, 6) is -0.469. The Morgan fingerprint density at radius 3 is 2.73 bits per heavy atom. The average Bonchev–Trinajstić information content (AvgIpc) is 2.48. The number of unbranched alkanes of at least 4 members (excludes halogenated alkanes) is 1. The van der Waals surface area contributed by atoms with E-state index < -0.39 is 6.04 Å². The predicted octanol–water partition coefficient (Wildman–Crippen LogP) is 2.79. The van der Waals surface area contributed by atoms with Crippen molar-refractivity contribution >= 4 is 23.3 Å². The Bertz CT molecular complexity index is 584. The molecule has 1 aliphatic rings. The highest BCUT2D eigenvalue weighted by atomic mass is 16.5. The van der Waals surface area contributed by atoms with Gasteiger partial charge in [-0.25, -0.2) is 4.79 Å². The summed E-state index contributed by atoms with van der Waals surface area (Å²) in [6.45, 7) is 8.38. The highest BCUT2D eigenvalue weighted by molar-refractivity contribution is 6.06. The summed E-state index contributed by atoms with van der Waals surface area (Å²) in [6.07, 6.45) is 1.80. The smallest absolute Gasteiger partial charge is 0.328 e. The fraction of sp³-hybridized carbons (Fsp3) is 0.529. The zero-order valence-electron chi connectivity index (χ0n) is 13.7. The van der Waals surface area contributed by atoms with Crippen LogP contribution in [0.2, 0.25) is 0 Å². The largest absolute Gasteiger partial charge is 0.464 e. The molecule has 0 saturated heterocycles. The van der Waals surface area contributed by atoms with E-state index in [0.717, 1.165) is 35.3 Å². The number of hydrogen-bond donors (Lipinski definition) is 1. The topological polar surface area (TPSA) is 58.6 Å². The number of aryl methyl sites for hydroxylation is 2. The lowest BCUT2D eigenvalue weighted by Crippen LogP contribution is -2.49. The van der Waals surface area contributed by atoms with Gasteiger partial charge in [-0.1, -0.05) is 13.3 Å². The van der Waals surface area contributed by atoms with Crippen LogP contribution in [0.4, 0.5) is 11.4 Å². The molecule has 1 atom stereocenters. The van der Waals surface area contributed by atoms with Crippen LogP contribution in [0.25, 0.3) is 0 Å². The van der Waals surface area contributed by atoms with Gasteiger partial charge in [-0.3, -0.25) is 9.69 Å². The quantitative estimate of drug-likeness (QED) is 0.671. The van der Waals surface area contributed by atoms with E-state index in [1.54, 1.807) is 11.8 Å². The molecule has 1 aromatic rings. The highest BCUT2D eigenvalue weighted by Crippen LogP contribution is 2.33.